The molecular formula is C17H34O2S. The third-order valence-corrected chi connectivity index (χ3v) is 4.76. The number of hydrogen-bond acceptors (Lipinski definition) is 3. The van der Waals surface area contributed by atoms with Gasteiger partial charge in [-0.15, -0.1) is 0 Å². The molecule has 2 nitrogen and oxygen atoms in total. The third-order valence-electron chi connectivity index (χ3n) is 3.66. The Balaban J connectivity index is 3.22. The second-order valence-electron chi connectivity index (χ2n) is 5.48. The van der Waals surface area contributed by atoms with Crippen LogP contribution in [0.2, 0.25) is 0 Å². The number of rotatable bonds is 14. The molecule has 0 saturated carbocycles. The highest BCUT2D eigenvalue weighted by Gasteiger charge is 2.15. The molecule has 0 aliphatic heterocycles. The minimum absolute atomic E-state index is 0.0260. The molecule has 0 heterocycles. The summed E-state index contributed by atoms with van der Waals surface area (Å²) < 4.78 is 5.30. The first-order chi connectivity index (χ1) is 9.76. The zero-order valence-electron chi connectivity index (χ0n) is 13.8. The van der Waals surface area contributed by atoms with E-state index in [-0.39, 0.29) is 11.2 Å². The van der Waals surface area contributed by atoms with Crippen LogP contribution in [-0.2, 0) is 9.53 Å². The smallest absolute Gasteiger partial charge is 0.319 e. The van der Waals surface area contributed by atoms with Gasteiger partial charge in [-0.05, 0) is 19.1 Å². The predicted molar refractivity (Wildman–Crippen MR) is 90.4 cm³/mol. The number of unbranched alkanes of at least 4 members (excludes halogenated alkanes) is 9. The van der Waals surface area contributed by atoms with E-state index < -0.39 is 0 Å². The maximum absolute atomic E-state index is 11.6. The Bertz CT molecular complexity index is 215. The second-order valence-corrected chi connectivity index (χ2v) is 6.52. The monoisotopic (exact) mass is 302 g/mol. The van der Waals surface area contributed by atoms with Crippen molar-refractivity contribution in [2.45, 2.75) is 89.7 Å². The van der Waals surface area contributed by atoms with Gasteiger partial charge in [0.1, 0.15) is 5.25 Å². The molecule has 0 aromatic carbocycles. The quantitative estimate of drug-likeness (QED) is 0.309. The molecule has 0 amide bonds. The van der Waals surface area contributed by atoms with E-state index in [2.05, 4.69) is 6.92 Å². The Kier molecular flexibility index (Phi) is 15.1. The van der Waals surface area contributed by atoms with E-state index >= 15 is 0 Å². The number of carbonyl (C=O) groups excluding carboxylic acids is 1. The van der Waals surface area contributed by atoms with Crippen molar-refractivity contribution in [3.63, 3.8) is 0 Å². The molecule has 0 rings (SSSR count). The SMILES string of the molecule is CCCCCCCCCCCCOC(=O)C(CC)SC. The Morgan fingerprint density at radius 1 is 0.900 bits per heavy atom. The molecule has 3 heteroatoms. The van der Waals surface area contributed by atoms with E-state index in [4.69, 9.17) is 4.74 Å². The lowest BCUT2D eigenvalue weighted by Gasteiger charge is -2.11. The first-order valence-corrected chi connectivity index (χ1v) is 9.74. The Labute approximate surface area is 130 Å². The molecule has 0 aliphatic rings. The van der Waals surface area contributed by atoms with E-state index in [1.165, 1.54) is 57.8 Å². The summed E-state index contributed by atoms with van der Waals surface area (Å²) in [5, 5.41) is 0.0260. The molecule has 0 fully saturated rings. The predicted octanol–water partition coefficient (Wildman–Crippen LogP) is 5.59. The van der Waals surface area contributed by atoms with Crippen molar-refractivity contribution in [1.29, 1.82) is 0 Å². The van der Waals surface area contributed by atoms with E-state index in [1.54, 1.807) is 11.8 Å². The lowest BCUT2D eigenvalue weighted by atomic mass is 10.1. The summed E-state index contributed by atoms with van der Waals surface area (Å²) in [7, 11) is 0. The molecule has 0 radical (unpaired) electrons. The fraction of sp³-hybridized carbons (Fsp3) is 0.941. The molecule has 0 aromatic heterocycles. The summed E-state index contributed by atoms with van der Waals surface area (Å²) in [5.74, 6) is -0.0316. The Morgan fingerprint density at radius 2 is 1.40 bits per heavy atom. The van der Waals surface area contributed by atoms with Crippen molar-refractivity contribution in [1.82, 2.24) is 0 Å². The topological polar surface area (TPSA) is 26.3 Å². The van der Waals surface area contributed by atoms with Gasteiger partial charge in [-0.1, -0.05) is 71.6 Å². The number of thioether (sulfide) groups is 1. The van der Waals surface area contributed by atoms with Crippen LogP contribution in [0.5, 0.6) is 0 Å². The standard InChI is InChI=1S/C17H34O2S/c1-4-6-7-8-9-10-11-12-13-14-15-19-17(18)16(5-2)20-3/h16H,4-15H2,1-3H3. The largest absolute Gasteiger partial charge is 0.465 e. The molecule has 0 aromatic rings. The van der Waals surface area contributed by atoms with E-state index in [9.17, 15) is 4.79 Å². The van der Waals surface area contributed by atoms with E-state index in [1.807, 2.05) is 13.2 Å². The summed E-state index contributed by atoms with van der Waals surface area (Å²) in [6.07, 6.45) is 15.9. The summed E-state index contributed by atoms with van der Waals surface area (Å²) in [6, 6.07) is 0. The van der Waals surface area contributed by atoms with Crippen molar-refractivity contribution in [3.05, 3.63) is 0 Å². The maximum Gasteiger partial charge on any atom is 0.319 e. The summed E-state index contributed by atoms with van der Waals surface area (Å²) >= 11 is 1.59. The van der Waals surface area contributed by atoms with Crippen LogP contribution >= 0.6 is 11.8 Å². The van der Waals surface area contributed by atoms with Crippen LogP contribution in [0.25, 0.3) is 0 Å². The van der Waals surface area contributed by atoms with Crippen LogP contribution in [0.3, 0.4) is 0 Å². The highest BCUT2D eigenvalue weighted by Crippen LogP contribution is 2.13. The van der Waals surface area contributed by atoms with Crippen molar-refractivity contribution in [2.75, 3.05) is 12.9 Å². The van der Waals surface area contributed by atoms with Crippen molar-refractivity contribution in [3.8, 4) is 0 Å². The van der Waals surface area contributed by atoms with Gasteiger partial charge in [-0.3, -0.25) is 4.79 Å². The molecule has 1 unspecified atom stereocenters. The Morgan fingerprint density at radius 3 is 1.85 bits per heavy atom. The van der Waals surface area contributed by atoms with Crippen LogP contribution in [-0.4, -0.2) is 24.1 Å². The first kappa shape index (κ1) is 19.8. The maximum atomic E-state index is 11.6. The molecule has 0 aliphatic carbocycles. The van der Waals surface area contributed by atoms with Crippen molar-refractivity contribution >= 4 is 17.7 Å². The fourth-order valence-electron chi connectivity index (χ4n) is 2.28. The number of esters is 1. The fourth-order valence-corrected chi connectivity index (χ4v) is 2.88. The average molecular weight is 303 g/mol. The Hall–Kier alpha value is -0.180. The number of hydrogen-bond donors (Lipinski definition) is 0. The van der Waals surface area contributed by atoms with Crippen molar-refractivity contribution in [2.24, 2.45) is 0 Å². The van der Waals surface area contributed by atoms with Crippen LogP contribution in [0, 0.1) is 0 Å². The summed E-state index contributed by atoms with van der Waals surface area (Å²) in [5.41, 5.74) is 0. The van der Waals surface area contributed by atoms with Gasteiger partial charge in [0.05, 0.1) is 6.61 Å². The third kappa shape index (κ3) is 11.6. The average Bonchev–Trinajstić information content (AvgIpc) is 2.46. The summed E-state index contributed by atoms with van der Waals surface area (Å²) in [4.78, 5) is 11.6. The molecular weight excluding hydrogens is 268 g/mol. The van der Waals surface area contributed by atoms with Crippen LogP contribution in [0.15, 0.2) is 0 Å². The zero-order chi connectivity index (χ0) is 15.1. The molecule has 1 atom stereocenters. The van der Waals surface area contributed by atoms with E-state index in [0.717, 1.165) is 12.8 Å². The normalized spacial score (nSPS) is 12.3. The van der Waals surface area contributed by atoms with Gasteiger partial charge in [0.25, 0.3) is 0 Å². The van der Waals surface area contributed by atoms with Gasteiger partial charge in [0.15, 0.2) is 0 Å². The van der Waals surface area contributed by atoms with Crippen LogP contribution in [0.4, 0.5) is 0 Å². The second kappa shape index (κ2) is 15.2. The number of carbonyl (C=O) groups is 1. The highest BCUT2D eigenvalue weighted by atomic mass is 32.2. The first-order valence-electron chi connectivity index (χ1n) is 8.45. The minimum atomic E-state index is -0.0316. The lowest BCUT2D eigenvalue weighted by Crippen LogP contribution is -2.19. The number of ether oxygens (including phenoxy) is 1. The summed E-state index contributed by atoms with van der Waals surface area (Å²) in [6.45, 7) is 4.89. The minimum Gasteiger partial charge on any atom is -0.465 e. The van der Waals surface area contributed by atoms with Gasteiger partial charge in [-0.2, -0.15) is 11.8 Å². The van der Waals surface area contributed by atoms with Gasteiger partial charge in [0.2, 0.25) is 0 Å². The molecule has 20 heavy (non-hydrogen) atoms. The van der Waals surface area contributed by atoms with Gasteiger partial charge in [-0.25, -0.2) is 0 Å². The van der Waals surface area contributed by atoms with Gasteiger partial charge < -0.3 is 4.74 Å². The van der Waals surface area contributed by atoms with E-state index in [0.29, 0.717) is 6.61 Å². The van der Waals surface area contributed by atoms with Crippen molar-refractivity contribution < 1.29 is 9.53 Å². The zero-order valence-corrected chi connectivity index (χ0v) is 14.6. The molecule has 0 N–H and O–H groups in total. The van der Waals surface area contributed by atoms with Gasteiger partial charge >= 0.3 is 5.97 Å². The molecule has 0 spiro atoms. The highest BCUT2D eigenvalue weighted by molar-refractivity contribution is 7.99. The molecule has 0 saturated heterocycles. The van der Waals surface area contributed by atoms with Gasteiger partial charge in [0, 0.05) is 0 Å². The van der Waals surface area contributed by atoms with Crippen LogP contribution < -0.4 is 0 Å². The van der Waals surface area contributed by atoms with Crippen LogP contribution in [0.1, 0.15) is 84.5 Å². The molecule has 120 valence electrons. The molecule has 0 bridgehead atoms. The lowest BCUT2D eigenvalue weighted by molar-refractivity contribution is -0.143.